The van der Waals surface area contributed by atoms with Gasteiger partial charge < -0.3 is 19.9 Å². The molecule has 0 aromatic heterocycles. The Balaban J connectivity index is 1.42. The molecule has 1 saturated heterocycles. The summed E-state index contributed by atoms with van der Waals surface area (Å²) in [7, 11) is 1.33. The lowest BCUT2D eigenvalue weighted by atomic mass is 10.1. The highest BCUT2D eigenvalue weighted by molar-refractivity contribution is 9.10. The highest BCUT2D eigenvalue weighted by Gasteiger charge is 2.35. The molecule has 2 aliphatic heterocycles. The number of amides is 5. The van der Waals surface area contributed by atoms with Crippen LogP contribution in [0, 0.1) is 0 Å². The molecule has 150 valence electrons. The molecule has 0 aliphatic carbocycles. The Morgan fingerprint density at radius 1 is 1.07 bits per heavy atom. The summed E-state index contributed by atoms with van der Waals surface area (Å²) >= 11 is 3.30. The number of carbonyl (C=O) groups is 4. The zero-order valence-corrected chi connectivity index (χ0v) is 17.0. The lowest BCUT2D eigenvalue weighted by Crippen LogP contribution is -2.53. The molecule has 1 aromatic rings. The Morgan fingerprint density at radius 3 is 2.39 bits per heavy atom. The average molecular weight is 453 g/mol. The molecular formula is C18H21BrN4O5. The molecule has 5 amide bonds. The number of piperazine rings is 1. The van der Waals surface area contributed by atoms with E-state index in [1.165, 1.54) is 12.0 Å². The molecular weight excluding hydrogens is 432 g/mol. The first-order valence-electron chi connectivity index (χ1n) is 8.94. The normalized spacial score (nSPS) is 16.3. The fraction of sp³-hybridized carbons (Fsp3) is 0.444. The molecule has 0 radical (unpaired) electrons. The molecule has 10 heteroatoms. The molecule has 9 nitrogen and oxygen atoms in total. The Bertz CT molecular complexity index is 807. The summed E-state index contributed by atoms with van der Waals surface area (Å²) in [6.07, 6.45) is 0.0635. The summed E-state index contributed by atoms with van der Waals surface area (Å²) < 4.78 is 5.41. The number of benzene rings is 1. The number of hydrogen-bond donors (Lipinski definition) is 1. The Kier molecular flexibility index (Phi) is 6.18. The topological polar surface area (TPSA) is 99.3 Å². The van der Waals surface area contributed by atoms with Gasteiger partial charge in [-0.3, -0.25) is 14.5 Å². The maximum atomic E-state index is 12.4. The van der Waals surface area contributed by atoms with Crippen LogP contribution in [0.25, 0.3) is 0 Å². The third kappa shape index (κ3) is 4.11. The summed E-state index contributed by atoms with van der Waals surface area (Å²) in [5.41, 5.74) is 0.799. The molecule has 3 rings (SSSR count). The van der Waals surface area contributed by atoms with E-state index in [1.54, 1.807) is 28.0 Å². The minimum atomic E-state index is -0.395. The largest absolute Gasteiger partial charge is 0.453 e. The number of hydrogen-bond acceptors (Lipinski definition) is 5. The van der Waals surface area contributed by atoms with Crippen LogP contribution in [0.2, 0.25) is 0 Å². The number of rotatable bonds is 4. The number of carbonyl (C=O) groups excluding carboxylic acids is 4. The van der Waals surface area contributed by atoms with Gasteiger partial charge in [0.1, 0.15) is 0 Å². The highest BCUT2D eigenvalue weighted by atomic mass is 79.9. The van der Waals surface area contributed by atoms with Crippen molar-refractivity contribution in [2.24, 2.45) is 0 Å². The second-order valence-corrected chi connectivity index (χ2v) is 7.40. The predicted octanol–water partition coefficient (Wildman–Crippen LogP) is 1.53. The maximum Gasteiger partial charge on any atom is 0.409 e. The fourth-order valence-electron chi connectivity index (χ4n) is 3.23. The molecule has 0 unspecified atom stereocenters. The van der Waals surface area contributed by atoms with Crippen LogP contribution in [0.5, 0.6) is 0 Å². The standard InChI is InChI=1S/C18H21BrN4O5/c1-28-18(27)22-9-7-21(8-10-22)17(26)20-5-2-6-23-15(24)13-4-3-12(19)11-14(13)16(23)25/h3-4,11H,2,5-10H2,1H3,(H,20,26). The second kappa shape index (κ2) is 8.59. The first kappa shape index (κ1) is 20.1. The van der Waals surface area contributed by atoms with E-state index in [0.29, 0.717) is 50.3 Å². The first-order chi connectivity index (χ1) is 13.4. The van der Waals surface area contributed by atoms with Crippen molar-refractivity contribution in [2.75, 3.05) is 46.4 Å². The van der Waals surface area contributed by atoms with Gasteiger partial charge in [0.15, 0.2) is 0 Å². The number of urea groups is 1. The van der Waals surface area contributed by atoms with Gasteiger partial charge in [-0.05, 0) is 24.6 Å². The number of imide groups is 1. The Morgan fingerprint density at radius 2 is 1.71 bits per heavy atom. The smallest absolute Gasteiger partial charge is 0.409 e. The maximum absolute atomic E-state index is 12.4. The Hall–Kier alpha value is -2.62. The second-order valence-electron chi connectivity index (χ2n) is 6.48. The highest BCUT2D eigenvalue weighted by Crippen LogP contribution is 2.25. The van der Waals surface area contributed by atoms with Gasteiger partial charge in [0.25, 0.3) is 11.8 Å². The van der Waals surface area contributed by atoms with E-state index >= 15 is 0 Å². The third-order valence-electron chi connectivity index (χ3n) is 4.77. The predicted molar refractivity (Wildman–Crippen MR) is 103 cm³/mol. The fourth-order valence-corrected chi connectivity index (χ4v) is 3.59. The SMILES string of the molecule is COC(=O)N1CCN(C(=O)NCCCN2C(=O)c3ccc(Br)cc3C2=O)CC1. The number of nitrogens with one attached hydrogen (secondary N) is 1. The number of methoxy groups -OCH3 is 1. The van der Waals surface area contributed by atoms with Crippen molar-refractivity contribution in [2.45, 2.75) is 6.42 Å². The van der Waals surface area contributed by atoms with E-state index in [4.69, 9.17) is 0 Å². The van der Waals surface area contributed by atoms with Crippen molar-refractivity contribution in [3.63, 3.8) is 0 Å². The zero-order chi connectivity index (χ0) is 20.3. The van der Waals surface area contributed by atoms with Crippen LogP contribution in [0.15, 0.2) is 22.7 Å². The van der Waals surface area contributed by atoms with Crippen molar-refractivity contribution in [3.05, 3.63) is 33.8 Å². The van der Waals surface area contributed by atoms with Crippen LogP contribution in [0.4, 0.5) is 9.59 Å². The summed E-state index contributed by atoms with van der Waals surface area (Å²) in [6, 6.07) is 4.78. The Labute approximate surface area is 170 Å². The van der Waals surface area contributed by atoms with Crippen molar-refractivity contribution in [3.8, 4) is 0 Å². The van der Waals surface area contributed by atoms with E-state index < -0.39 is 6.09 Å². The van der Waals surface area contributed by atoms with E-state index in [2.05, 4.69) is 26.0 Å². The minimum Gasteiger partial charge on any atom is -0.453 e. The molecule has 0 spiro atoms. The van der Waals surface area contributed by atoms with Crippen LogP contribution in [-0.4, -0.2) is 85.0 Å². The van der Waals surface area contributed by atoms with Crippen molar-refractivity contribution in [1.82, 2.24) is 20.0 Å². The number of fused-ring (bicyclic) bond motifs is 1. The van der Waals surface area contributed by atoms with Gasteiger partial charge >= 0.3 is 12.1 Å². The van der Waals surface area contributed by atoms with Crippen molar-refractivity contribution < 1.29 is 23.9 Å². The van der Waals surface area contributed by atoms with Gasteiger partial charge in [0.05, 0.1) is 18.2 Å². The third-order valence-corrected chi connectivity index (χ3v) is 5.26. The molecule has 2 aliphatic rings. The van der Waals surface area contributed by atoms with Gasteiger partial charge in [-0.2, -0.15) is 0 Å². The molecule has 1 aromatic carbocycles. The molecule has 0 saturated carbocycles. The zero-order valence-electron chi connectivity index (χ0n) is 15.4. The molecule has 0 bridgehead atoms. The van der Waals surface area contributed by atoms with Gasteiger partial charge in [0.2, 0.25) is 0 Å². The number of ether oxygens (including phenoxy) is 1. The summed E-state index contributed by atoms with van der Waals surface area (Å²) in [5, 5.41) is 2.79. The summed E-state index contributed by atoms with van der Waals surface area (Å²) in [6.45, 7) is 2.27. The number of nitrogens with zero attached hydrogens (tertiary/aromatic N) is 3. The minimum absolute atomic E-state index is 0.226. The van der Waals surface area contributed by atoms with E-state index in [-0.39, 0.29) is 24.4 Å². The van der Waals surface area contributed by atoms with E-state index in [9.17, 15) is 19.2 Å². The monoisotopic (exact) mass is 452 g/mol. The average Bonchev–Trinajstić information content (AvgIpc) is 2.94. The quantitative estimate of drug-likeness (QED) is 0.551. The molecule has 2 heterocycles. The molecule has 1 fully saturated rings. The molecule has 28 heavy (non-hydrogen) atoms. The van der Waals surface area contributed by atoms with Gasteiger partial charge in [-0.25, -0.2) is 9.59 Å². The van der Waals surface area contributed by atoms with Crippen LogP contribution in [0.3, 0.4) is 0 Å². The van der Waals surface area contributed by atoms with Crippen LogP contribution < -0.4 is 5.32 Å². The van der Waals surface area contributed by atoms with Crippen molar-refractivity contribution in [1.29, 1.82) is 0 Å². The van der Waals surface area contributed by atoms with Crippen molar-refractivity contribution >= 4 is 39.9 Å². The summed E-state index contributed by atoms with van der Waals surface area (Å²) in [5.74, 6) is -0.621. The first-order valence-corrected chi connectivity index (χ1v) is 9.73. The van der Waals surface area contributed by atoms with E-state index in [0.717, 1.165) is 4.47 Å². The summed E-state index contributed by atoms with van der Waals surface area (Å²) in [4.78, 5) is 52.8. The molecule has 1 N–H and O–H groups in total. The lowest BCUT2D eigenvalue weighted by molar-refractivity contribution is 0.0652. The molecule has 0 atom stereocenters. The van der Waals surface area contributed by atoms with Crippen LogP contribution in [-0.2, 0) is 4.74 Å². The van der Waals surface area contributed by atoms with Gasteiger partial charge in [-0.15, -0.1) is 0 Å². The number of halogens is 1. The van der Waals surface area contributed by atoms with Gasteiger partial charge in [-0.1, -0.05) is 15.9 Å². The van der Waals surface area contributed by atoms with Crippen LogP contribution >= 0.6 is 15.9 Å². The van der Waals surface area contributed by atoms with E-state index in [1.807, 2.05) is 0 Å². The lowest BCUT2D eigenvalue weighted by Gasteiger charge is -2.33. The van der Waals surface area contributed by atoms with Crippen LogP contribution in [0.1, 0.15) is 27.1 Å². The van der Waals surface area contributed by atoms with Gasteiger partial charge in [0, 0.05) is 43.7 Å².